The number of benzene rings is 1. The molecule has 1 aromatic carbocycles. The fraction of sp³-hybridized carbons (Fsp3) is 0.571. The van der Waals surface area contributed by atoms with Crippen molar-refractivity contribution in [1.29, 1.82) is 0 Å². The van der Waals surface area contributed by atoms with Crippen molar-refractivity contribution in [2.24, 2.45) is 0 Å². The monoisotopic (exact) mass is 296 g/mol. The van der Waals surface area contributed by atoms with Gasteiger partial charge in [0.05, 0.1) is 5.60 Å². The first-order valence-corrected chi connectivity index (χ1v) is 8.39. The minimum Gasteiger partial charge on any atom is -0.387 e. The summed E-state index contributed by atoms with van der Waals surface area (Å²) in [6.07, 6.45) is 1.34. The first-order valence-electron chi connectivity index (χ1n) is 6.99. The van der Waals surface area contributed by atoms with E-state index >= 15 is 0 Å². The van der Waals surface area contributed by atoms with E-state index in [9.17, 15) is 13.5 Å². The molecule has 1 fully saturated rings. The molecule has 110 valence electrons. The van der Waals surface area contributed by atoms with Crippen molar-refractivity contribution in [3.05, 3.63) is 35.4 Å². The predicted molar refractivity (Wildman–Crippen MR) is 76.3 cm³/mol. The van der Waals surface area contributed by atoms with Gasteiger partial charge in [-0.25, -0.2) is 0 Å². The second-order valence-electron chi connectivity index (χ2n) is 5.71. The smallest absolute Gasteiger partial charge is 0.282 e. The molecule has 0 aliphatic carbocycles. The Bertz CT molecular complexity index is 609. The predicted octanol–water partition coefficient (Wildman–Crippen LogP) is 0.746. The summed E-state index contributed by atoms with van der Waals surface area (Å²) in [5, 5.41) is 9.98. The Labute approximate surface area is 120 Å². The van der Waals surface area contributed by atoms with Gasteiger partial charge < -0.3 is 5.11 Å². The zero-order chi connectivity index (χ0) is 14.4. The lowest BCUT2D eigenvalue weighted by Gasteiger charge is -2.47. The molecule has 3 rings (SSSR count). The van der Waals surface area contributed by atoms with Crippen LogP contribution in [0, 0.1) is 0 Å². The topological polar surface area (TPSA) is 60.9 Å². The van der Waals surface area contributed by atoms with E-state index in [1.807, 2.05) is 25.1 Å². The maximum absolute atomic E-state index is 12.5. The van der Waals surface area contributed by atoms with Crippen LogP contribution in [0.2, 0.25) is 0 Å². The van der Waals surface area contributed by atoms with Crippen LogP contribution in [0.3, 0.4) is 0 Å². The molecular weight excluding hydrogens is 276 g/mol. The van der Waals surface area contributed by atoms with Crippen LogP contribution in [0.5, 0.6) is 0 Å². The van der Waals surface area contributed by atoms with Crippen molar-refractivity contribution in [3.8, 4) is 0 Å². The van der Waals surface area contributed by atoms with Gasteiger partial charge in [0.15, 0.2) is 0 Å². The summed E-state index contributed by atoms with van der Waals surface area (Å²) in [6, 6.07) is 7.96. The highest BCUT2D eigenvalue weighted by Crippen LogP contribution is 2.30. The number of aliphatic hydroxyl groups is 1. The summed E-state index contributed by atoms with van der Waals surface area (Å²) in [5.41, 5.74) is 1.47. The summed E-state index contributed by atoms with van der Waals surface area (Å²) in [7, 11) is -3.44. The Hall–Kier alpha value is -0.950. The largest absolute Gasteiger partial charge is 0.387 e. The molecule has 0 radical (unpaired) electrons. The van der Waals surface area contributed by atoms with Crippen molar-refractivity contribution in [1.82, 2.24) is 8.61 Å². The van der Waals surface area contributed by atoms with E-state index in [1.54, 1.807) is 0 Å². The second-order valence-corrected chi connectivity index (χ2v) is 7.63. The summed E-state index contributed by atoms with van der Waals surface area (Å²) in [4.78, 5) is 0. The number of β-amino-alcohol motifs (C(OH)–C–C–N with tert-alkyl or cyclic N) is 1. The molecule has 5 nitrogen and oxygen atoms in total. The van der Waals surface area contributed by atoms with Gasteiger partial charge in [0.25, 0.3) is 10.2 Å². The van der Waals surface area contributed by atoms with Crippen molar-refractivity contribution in [3.63, 3.8) is 0 Å². The molecule has 0 bridgehead atoms. The maximum atomic E-state index is 12.5. The van der Waals surface area contributed by atoms with Crippen LogP contribution in [-0.2, 0) is 23.2 Å². The minimum atomic E-state index is -3.44. The third kappa shape index (κ3) is 2.26. The zero-order valence-corrected chi connectivity index (χ0v) is 12.4. The van der Waals surface area contributed by atoms with Crippen molar-refractivity contribution < 1.29 is 13.5 Å². The molecule has 2 heterocycles. The zero-order valence-electron chi connectivity index (χ0n) is 11.6. The minimum absolute atomic E-state index is 0.212. The van der Waals surface area contributed by atoms with E-state index in [1.165, 1.54) is 14.2 Å². The molecule has 1 N–H and O–H groups in total. The summed E-state index contributed by atoms with van der Waals surface area (Å²) >= 11 is 0. The van der Waals surface area contributed by atoms with Gasteiger partial charge in [-0.2, -0.15) is 17.0 Å². The van der Waals surface area contributed by atoms with Crippen LogP contribution in [0.15, 0.2) is 24.3 Å². The molecule has 20 heavy (non-hydrogen) atoms. The van der Waals surface area contributed by atoms with Crippen LogP contribution in [0.1, 0.15) is 24.5 Å². The number of nitrogens with zero attached hydrogens (tertiary/aromatic N) is 2. The number of fused-ring (bicyclic) bond motifs is 1. The molecule has 0 spiro atoms. The van der Waals surface area contributed by atoms with E-state index in [0.29, 0.717) is 19.5 Å². The first-order chi connectivity index (χ1) is 9.44. The highest BCUT2D eigenvalue weighted by Gasteiger charge is 2.47. The Morgan fingerprint density at radius 2 is 1.85 bits per heavy atom. The van der Waals surface area contributed by atoms with Crippen molar-refractivity contribution >= 4 is 10.2 Å². The quantitative estimate of drug-likeness (QED) is 0.895. The second kappa shape index (κ2) is 4.80. The third-order valence-corrected chi connectivity index (χ3v) is 6.22. The molecule has 6 heteroatoms. The highest BCUT2D eigenvalue weighted by atomic mass is 32.2. The molecule has 0 atom stereocenters. The SMILES string of the molecule is CCC1(O)CN(S(=O)(=O)N2CCc3ccccc3C2)C1. The van der Waals surface area contributed by atoms with Crippen LogP contribution in [0.25, 0.3) is 0 Å². The molecule has 2 aliphatic heterocycles. The lowest BCUT2D eigenvalue weighted by molar-refractivity contribution is -0.0636. The Balaban J connectivity index is 1.75. The lowest BCUT2D eigenvalue weighted by atomic mass is 9.94. The highest BCUT2D eigenvalue weighted by molar-refractivity contribution is 7.86. The van der Waals surface area contributed by atoms with E-state index in [0.717, 1.165) is 12.0 Å². The molecule has 1 saturated heterocycles. The van der Waals surface area contributed by atoms with Crippen molar-refractivity contribution in [2.75, 3.05) is 19.6 Å². The fourth-order valence-corrected chi connectivity index (χ4v) is 4.58. The molecule has 0 aromatic heterocycles. The summed E-state index contributed by atoms with van der Waals surface area (Å²) < 4.78 is 27.9. The van der Waals surface area contributed by atoms with E-state index in [2.05, 4.69) is 6.07 Å². The van der Waals surface area contributed by atoms with Gasteiger partial charge in [-0.05, 0) is 24.0 Å². The standard InChI is InChI=1S/C14H20N2O3S/c1-2-14(17)10-16(11-14)20(18,19)15-8-7-12-5-3-4-6-13(12)9-15/h3-6,17H,2,7-11H2,1H3. The molecule has 2 aliphatic rings. The van der Waals surface area contributed by atoms with E-state index in [-0.39, 0.29) is 13.1 Å². The normalized spacial score (nSPS) is 23.1. The number of hydrogen-bond acceptors (Lipinski definition) is 3. The fourth-order valence-electron chi connectivity index (χ4n) is 2.83. The van der Waals surface area contributed by atoms with Gasteiger partial charge in [0.1, 0.15) is 0 Å². The van der Waals surface area contributed by atoms with E-state index < -0.39 is 15.8 Å². The maximum Gasteiger partial charge on any atom is 0.282 e. The Morgan fingerprint density at radius 3 is 2.50 bits per heavy atom. The Morgan fingerprint density at radius 1 is 1.20 bits per heavy atom. The van der Waals surface area contributed by atoms with Gasteiger partial charge in [-0.1, -0.05) is 31.2 Å². The van der Waals surface area contributed by atoms with Crippen molar-refractivity contribution in [2.45, 2.75) is 31.9 Å². The third-order valence-electron chi connectivity index (χ3n) is 4.35. The lowest BCUT2D eigenvalue weighted by Crippen LogP contribution is -2.65. The van der Waals surface area contributed by atoms with Gasteiger partial charge in [-0.3, -0.25) is 0 Å². The molecule has 0 saturated carbocycles. The number of rotatable bonds is 3. The molecule has 0 unspecified atom stereocenters. The summed E-state index contributed by atoms with van der Waals surface area (Å²) in [6.45, 7) is 3.25. The van der Waals surface area contributed by atoms with Crippen LogP contribution in [0.4, 0.5) is 0 Å². The van der Waals surface area contributed by atoms with E-state index in [4.69, 9.17) is 0 Å². The van der Waals surface area contributed by atoms with Gasteiger partial charge >= 0.3 is 0 Å². The Kier molecular flexibility index (Phi) is 3.36. The van der Waals surface area contributed by atoms with Gasteiger partial charge in [0.2, 0.25) is 0 Å². The molecule has 0 amide bonds. The number of hydrogen-bond donors (Lipinski definition) is 1. The van der Waals surface area contributed by atoms with Crippen LogP contribution >= 0.6 is 0 Å². The van der Waals surface area contributed by atoms with Gasteiger partial charge in [0, 0.05) is 26.2 Å². The molecule has 1 aromatic rings. The average molecular weight is 296 g/mol. The summed E-state index contributed by atoms with van der Waals surface area (Å²) in [5.74, 6) is 0. The first kappa shape index (κ1) is 14.0. The average Bonchev–Trinajstić information content (AvgIpc) is 2.43. The van der Waals surface area contributed by atoms with Crippen LogP contribution < -0.4 is 0 Å². The van der Waals surface area contributed by atoms with Gasteiger partial charge in [-0.15, -0.1) is 0 Å². The van der Waals surface area contributed by atoms with Crippen LogP contribution in [-0.4, -0.2) is 47.4 Å². The molecular formula is C14H20N2O3S.